The standard InChI is InChI=1S/C10H8BFN2O2/c1-6(15)16-5-8-4-14-3-7(11)2-9(12)10(14)13-8/h2-4H,5H2,1H3. The molecule has 2 radical (unpaired) electrons. The molecule has 0 bridgehead atoms. The molecule has 2 rings (SSSR count). The summed E-state index contributed by atoms with van der Waals surface area (Å²) in [5.41, 5.74) is 0.942. The van der Waals surface area contributed by atoms with E-state index in [0.29, 0.717) is 11.2 Å². The molecule has 0 N–H and O–H groups in total. The monoisotopic (exact) mass is 218 g/mol. The van der Waals surface area contributed by atoms with Crippen molar-refractivity contribution in [3.63, 3.8) is 0 Å². The summed E-state index contributed by atoms with van der Waals surface area (Å²) in [5.74, 6) is -0.911. The first-order valence-corrected chi connectivity index (χ1v) is 4.62. The van der Waals surface area contributed by atoms with Gasteiger partial charge in [-0.1, -0.05) is 5.46 Å². The van der Waals surface area contributed by atoms with Gasteiger partial charge in [0, 0.05) is 19.3 Å². The largest absolute Gasteiger partial charge is 0.459 e. The van der Waals surface area contributed by atoms with Crippen LogP contribution in [0.15, 0.2) is 18.5 Å². The van der Waals surface area contributed by atoms with Gasteiger partial charge in [0.1, 0.15) is 14.5 Å². The van der Waals surface area contributed by atoms with Crippen molar-refractivity contribution < 1.29 is 13.9 Å². The molecule has 0 aliphatic heterocycles. The Morgan fingerprint density at radius 1 is 1.62 bits per heavy atom. The summed E-state index contributed by atoms with van der Waals surface area (Å²) in [6, 6.07) is 1.19. The molecule has 0 fully saturated rings. The second-order valence-corrected chi connectivity index (χ2v) is 3.36. The normalized spacial score (nSPS) is 10.6. The second kappa shape index (κ2) is 3.96. The number of nitrogens with zero attached hydrogens (tertiary/aromatic N) is 2. The zero-order valence-corrected chi connectivity index (χ0v) is 8.61. The number of fused-ring (bicyclic) bond motifs is 1. The average Bonchev–Trinajstić information content (AvgIpc) is 2.57. The number of carbonyl (C=O) groups is 1. The van der Waals surface area contributed by atoms with Crippen LogP contribution in [0.1, 0.15) is 12.6 Å². The van der Waals surface area contributed by atoms with Crippen molar-refractivity contribution in [2.24, 2.45) is 0 Å². The molecule has 16 heavy (non-hydrogen) atoms. The highest BCUT2D eigenvalue weighted by molar-refractivity contribution is 6.32. The van der Waals surface area contributed by atoms with E-state index in [2.05, 4.69) is 4.98 Å². The van der Waals surface area contributed by atoms with E-state index in [4.69, 9.17) is 12.6 Å². The van der Waals surface area contributed by atoms with Crippen molar-refractivity contribution in [1.82, 2.24) is 9.38 Å². The molecular formula is C10H8BFN2O2. The zero-order valence-electron chi connectivity index (χ0n) is 8.61. The van der Waals surface area contributed by atoms with Crippen LogP contribution >= 0.6 is 0 Å². The average molecular weight is 218 g/mol. The van der Waals surface area contributed by atoms with Gasteiger partial charge in [-0.15, -0.1) is 0 Å². The van der Waals surface area contributed by atoms with Gasteiger partial charge in [-0.25, -0.2) is 9.37 Å². The van der Waals surface area contributed by atoms with Gasteiger partial charge in [0.05, 0.1) is 5.69 Å². The number of esters is 1. The fourth-order valence-corrected chi connectivity index (χ4v) is 1.37. The molecule has 4 nitrogen and oxygen atoms in total. The lowest BCUT2D eigenvalue weighted by atomic mass is 9.99. The predicted molar refractivity (Wildman–Crippen MR) is 56.0 cm³/mol. The highest BCUT2D eigenvalue weighted by atomic mass is 19.1. The van der Waals surface area contributed by atoms with E-state index in [1.54, 1.807) is 12.4 Å². The van der Waals surface area contributed by atoms with Gasteiger partial charge in [0.25, 0.3) is 0 Å². The van der Waals surface area contributed by atoms with Gasteiger partial charge >= 0.3 is 5.97 Å². The summed E-state index contributed by atoms with van der Waals surface area (Å²) in [5, 5.41) is 0. The molecule has 2 aromatic heterocycles. The second-order valence-electron chi connectivity index (χ2n) is 3.36. The van der Waals surface area contributed by atoms with Crippen LogP contribution in [0.3, 0.4) is 0 Å². The molecule has 2 aromatic rings. The first kappa shape index (κ1) is 10.7. The van der Waals surface area contributed by atoms with Crippen molar-refractivity contribution in [2.45, 2.75) is 13.5 Å². The third-order valence-electron chi connectivity index (χ3n) is 2.00. The molecule has 0 aliphatic rings. The molecule has 6 heteroatoms. The zero-order chi connectivity index (χ0) is 11.7. The van der Waals surface area contributed by atoms with Crippen molar-refractivity contribution in [2.75, 3.05) is 0 Å². The van der Waals surface area contributed by atoms with E-state index >= 15 is 0 Å². The van der Waals surface area contributed by atoms with Crippen LogP contribution in [0.4, 0.5) is 4.39 Å². The van der Waals surface area contributed by atoms with Crippen molar-refractivity contribution in [3.8, 4) is 0 Å². The summed E-state index contributed by atoms with van der Waals surface area (Å²) < 4.78 is 19.6. The smallest absolute Gasteiger partial charge is 0.303 e. The molecule has 0 unspecified atom stereocenters. The number of imidazole rings is 1. The molecule has 0 aromatic carbocycles. The minimum Gasteiger partial charge on any atom is -0.459 e. The lowest BCUT2D eigenvalue weighted by molar-refractivity contribution is -0.142. The number of halogens is 1. The van der Waals surface area contributed by atoms with E-state index in [1.807, 2.05) is 0 Å². The Morgan fingerprint density at radius 2 is 2.38 bits per heavy atom. The van der Waals surface area contributed by atoms with E-state index in [-0.39, 0.29) is 12.3 Å². The molecule has 0 aliphatic carbocycles. The summed E-state index contributed by atoms with van der Waals surface area (Å²) in [4.78, 5) is 14.6. The maximum Gasteiger partial charge on any atom is 0.303 e. The Hall–Kier alpha value is -1.85. The quantitative estimate of drug-likeness (QED) is 0.538. The van der Waals surface area contributed by atoms with Crippen LogP contribution in [-0.4, -0.2) is 23.2 Å². The van der Waals surface area contributed by atoms with E-state index < -0.39 is 11.8 Å². The molecule has 2 heterocycles. The topological polar surface area (TPSA) is 43.6 Å². The Kier molecular flexibility index (Phi) is 2.64. The number of ether oxygens (including phenoxy) is 1. The molecule has 0 saturated heterocycles. The van der Waals surface area contributed by atoms with E-state index in [0.717, 1.165) is 0 Å². The minimum atomic E-state index is -0.505. The van der Waals surface area contributed by atoms with Gasteiger partial charge in [-0.2, -0.15) is 0 Å². The third kappa shape index (κ3) is 2.05. The molecular weight excluding hydrogens is 210 g/mol. The number of hydrogen-bond donors (Lipinski definition) is 0. The fraction of sp³-hybridized carbons (Fsp3) is 0.200. The summed E-state index contributed by atoms with van der Waals surface area (Å²) in [7, 11) is 5.48. The Bertz CT molecular complexity index is 553. The fourth-order valence-electron chi connectivity index (χ4n) is 1.37. The van der Waals surface area contributed by atoms with Crippen molar-refractivity contribution >= 4 is 24.9 Å². The SMILES string of the molecule is [B]c1cc(F)c2nc(COC(C)=O)cn2c1. The van der Waals surface area contributed by atoms with E-state index in [1.165, 1.54) is 17.4 Å². The van der Waals surface area contributed by atoms with Gasteiger partial charge in [-0.3, -0.25) is 4.79 Å². The highest BCUT2D eigenvalue weighted by Crippen LogP contribution is 2.09. The molecule has 0 atom stereocenters. The molecule has 0 spiro atoms. The Morgan fingerprint density at radius 3 is 3.06 bits per heavy atom. The van der Waals surface area contributed by atoms with Crippen LogP contribution in [0.25, 0.3) is 5.65 Å². The van der Waals surface area contributed by atoms with Gasteiger partial charge in [0.2, 0.25) is 0 Å². The number of rotatable bonds is 2. The van der Waals surface area contributed by atoms with E-state index in [9.17, 15) is 9.18 Å². The van der Waals surface area contributed by atoms with Crippen LogP contribution in [0.5, 0.6) is 0 Å². The van der Waals surface area contributed by atoms with Gasteiger partial charge in [0.15, 0.2) is 11.5 Å². The number of carbonyl (C=O) groups excluding carboxylic acids is 1. The third-order valence-corrected chi connectivity index (χ3v) is 2.00. The Balaban J connectivity index is 2.36. The Labute approximate surface area is 92.5 Å². The van der Waals surface area contributed by atoms with Crippen LogP contribution < -0.4 is 5.46 Å². The summed E-state index contributed by atoms with van der Waals surface area (Å²) in [6.45, 7) is 1.32. The predicted octanol–water partition coefficient (Wildman–Crippen LogP) is 0.330. The van der Waals surface area contributed by atoms with Crippen molar-refractivity contribution in [3.05, 3.63) is 30.0 Å². The lowest BCUT2D eigenvalue weighted by Gasteiger charge is -1.96. The molecule has 0 saturated carbocycles. The van der Waals surface area contributed by atoms with Gasteiger partial charge < -0.3 is 9.14 Å². The molecule has 80 valence electrons. The maximum absolute atomic E-state index is 13.4. The van der Waals surface area contributed by atoms with Gasteiger partial charge in [-0.05, 0) is 6.07 Å². The maximum atomic E-state index is 13.4. The number of pyridine rings is 1. The summed E-state index contributed by atoms with van der Waals surface area (Å²) >= 11 is 0. The van der Waals surface area contributed by atoms with Crippen LogP contribution in [-0.2, 0) is 16.1 Å². The number of aromatic nitrogens is 2. The lowest BCUT2D eigenvalue weighted by Crippen LogP contribution is -2.06. The minimum absolute atomic E-state index is 0.0242. The van der Waals surface area contributed by atoms with Crippen LogP contribution in [0, 0.1) is 5.82 Å². The van der Waals surface area contributed by atoms with Crippen LogP contribution in [0.2, 0.25) is 0 Å². The highest BCUT2D eigenvalue weighted by Gasteiger charge is 2.07. The first-order valence-electron chi connectivity index (χ1n) is 4.62. The molecule has 0 amide bonds. The first-order chi connectivity index (χ1) is 7.56. The summed E-state index contributed by atoms with van der Waals surface area (Å²) in [6.07, 6.45) is 3.11. The number of hydrogen-bond acceptors (Lipinski definition) is 3. The van der Waals surface area contributed by atoms with Crippen molar-refractivity contribution in [1.29, 1.82) is 0 Å².